The molecule has 0 aromatic heterocycles. The Hall–Kier alpha value is -3.14. The lowest BCUT2D eigenvalue weighted by Crippen LogP contribution is -2.49. The number of hydrogen-bond donors (Lipinski definition) is 1. The zero-order valence-corrected chi connectivity index (χ0v) is 20.1. The molecular weight excluding hydrogens is 408 g/mol. The lowest BCUT2D eigenvalue weighted by atomic mass is 10.00. The van der Waals surface area contributed by atoms with Crippen molar-refractivity contribution in [2.45, 2.75) is 65.5 Å². The van der Waals surface area contributed by atoms with E-state index < -0.39 is 6.04 Å². The molecule has 1 unspecified atom stereocenters. The zero-order valence-electron chi connectivity index (χ0n) is 20.1. The van der Waals surface area contributed by atoms with E-state index in [1.54, 1.807) is 4.90 Å². The smallest absolute Gasteiger partial charge is 0.242 e. The molecule has 1 atom stereocenters. The fourth-order valence-electron chi connectivity index (χ4n) is 4.21. The molecule has 4 heteroatoms. The van der Waals surface area contributed by atoms with Gasteiger partial charge in [-0.3, -0.25) is 9.59 Å². The molecule has 2 amide bonds. The Balaban J connectivity index is 1.79. The number of benzene rings is 3. The Morgan fingerprint density at radius 2 is 1.67 bits per heavy atom. The van der Waals surface area contributed by atoms with Gasteiger partial charge in [-0.1, -0.05) is 92.6 Å². The summed E-state index contributed by atoms with van der Waals surface area (Å²) in [4.78, 5) is 28.3. The largest absolute Gasteiger partial charge is 0.354 e. The predicted octanol–water partition coefficient (Wildman–Crippen LogP) is 5.80. The van der Waals surface area contributed by atoms with E-state index >= 15 is 0 Å². The average Bonchev–Trinajstić information content (AvgIpc) is 2.83. The molecule has 174 valence electrons. The van der Waals surface area contributed by atoms with Crippen molar-refractivity contribution in [1.29, 1.82) is 0 Å². The van der Waals surface area contributed by atoms with Crippen LogP contribution in [0.25, 0.3) is 10.8 Å². The fourth-order valence-corrected chi connectivity index (χ4v) is 4.21. The van der Waals surface area contributed by atoms with Gasteiger partial charge in [-0.25, -0.2) is 0 Å². The maximum absolute atomic E-state index is 13.5. The molecule has 0 fully saturated rings. The molecule has 0 saturated heterocycles. The van der Waals surface area contributed by atoms with Crippen LogP contribution < -0.4 is 5.32 Å². The summed E-state index contributed by atoms with van der Waals surface area (Å²) < 4.78 is 0. The monoisotopic (exact) mass is 444 g/mol. The Labute approximate surface area is 198 Å². The number of hydrogen-bond acceptors (Lipinski definition) is 2. The number of carbonyl (C=O) groups is 2. The standard InChI is InChI=1S/C29H36N2O2/c1-4-6-20-30-29(33)27(5-2)31(21-23-16-14-22(3)15-17-23)28(32)19-18-25-12-9-11-24-10-7-8-13-26(24)25/h7-17,27H,4-6,18-21H2,1-3H3,(H,30,33). The fraction of sp³-hybridized carbons (Fsp3) is 0.379. The highest BCUT2D eigenvalue weighted by Gasteiger charge is 2.28. The Bertz CT molecular complexity index is 1050. The molecule has 0 heterocycles. The third kappa shape index (κ3) is 6.67. The highest BCUT2D eigenvalue weighted by atomic mass is 16.2. The summed E-state index contributed by atoms with van der Waals surface area (Å²) >= 11 is 0. The molecule has 4 nitrogen and oxygen atoms in total. The second-order valence-electron chi connectivity index (χ2n) is 8.71. The minimum Gasteiger partial charge on any atom is -0.354 e. The van der Waals surface area contributed by atoms with Crippen LogP contribution in [0.5, 0.6) is 0 Å². The predicted molar refractivity (Wildman–Crippen MR) is 136 cm³/mol. The van der Waals surface area contributed by atoms with E-state index in [2.05, 4.69) is 48.6 Å². The zero-order chi connectivity index (χ0) is 23.6. The molecule has 1 N–H and O–H groups in total. The third-order valence-corrected chi connectivity index (χ3v) is 6.18. The summed E-state index contributed by atoms with van der Waals surface area (Å²) in [6.45, 7) is 7.21. The number of aryl methyl sites for hydroxylation is 2. The minimum atomic E-state index is -0.469. The van der Waals surface area contributed by atoms with Crippen LogP contribution in [0.2, 0.25) is 0 Å². The molecule has 0 aliphatic heterocycles. The minimum absolute atomic E-state index is 0.0148. The van der Waals surface area contributed by atoms with Crippen molar-refractivity contribution >= 4 is 22.6 Å². The second kappa shape index (κ2) is 12.2. The van der Waals surface area contributed by atoms with Gasteiger partial charge in [0.25, 0.3) is 0 Å². The second-order valence-corrected chi connectivity index (χ2v) is 8.71. The van der Waals surface area contributed by atoms with Crippen LogP contribution in [-0.2, 0) is 22.6 Å². The lowest BCUT2D eigenvalue weighted by Gasteiger charge is -2.31. The van der Waals surface area contributed by atoms with Gasteiger partial charge in [0.1, 0.15) is 6.04 Å². The van der Waals surface area contributed by atoms with Gasteiger partial charge in [0.15, 0.2) is 0 Å². The molecule has 0 bridgehead atoms. The quantitative estimate of drug-likeness (QED) is 0.380. The summed E-state index contributed by atoms with van der Waals surface area (Å²) in [7, 11) is 0. The number of unbranched alkanes of at least 4 members (excludes halogenated alkanes) is 1. The summed E-state index contributed by atoms with van der Waals surface area (Å²) in [5, 5.41) is 5.39. The molecule has 0 spiro atoms. The summed E-state index contributed by atoms with van der Waals surface area (Å²) in [5.41, 5.74) is 3.38. The van der Waals surface area contributed by atoms with Crippen LogP contribution in [0.4, 0.5) is 0 Å². The normalized spacial score (nSPS) is 11.8. The van der Waals surface area contributed by atoms with Crippen molar-refractivity contribution in [2.24, 2.45) is 0 Å². The van der Waals surface area contributed by atoms with Crippen LogP contribution in [-0.4, -0.2) is 29.3 Å². The van der Waals surface area contributed by atoms with E-state index in [9.17, 15) is 9.59 Å². The molecular formula is C29H36N2O2. The molecule has 33 heavy (non-hydrogen) atoms. The van der Waals surface area contributed by atoms with E-state index in [1.807, 2.05) is 44.2 Å². The van der Waals surface area contributed by atoms with Gasteiger partial charge in [-0.15, -0.1) is 0 Å². The number of nitrogens with zero attached hydrogens (tertiary/aromatic N) is 1. The SMILES string of the molecule is CCCCNC(=O)C(CC)N(Cc1ccc(C)cc1)C(=O)CCc1cccc2ccccc12. The highest BCUT2D eigenvalue weighted by molar-refractivity contribution is 5.89. The number of fused-ring (bicyclic) bond motifs is 1. The Morgan fingerprint density at radius 3 is 2.39 bits per heavy atom. The number of nitrogens with one attached hydrogen (secondary N) is 1. The van der Waals surface area contributed by atoms with Gasteiger partial charge >= 0.3 is 0 Å². The van der Waals surface area contributed by atoms with Gasteiger partial charge < -0.3 is 10.2 Å². The number of amides is 2. The maximum Gasteiger partial charge on any atom is 0.242 e. The van der Waals surface area contributed by atoms with Crippen LogP contribution in [0.1, 0.15) is 56.2 Å². The van der Waals surface area contributed by atoms with Crippen molar-refractivity contribution in [3.8, 4) is 0 Å². The molecule has 3 aromatic carbocycles. The van der Waals surface area contributed by atoms with E-state index in [0.29, 0.717) is 32.4 Å². The lowest BCUT2D eigenvalue weighted by molar-refractivity contribution is -0.141. The van der Waals surface area contributed by atoms with Gasteiger partial charge in [0, 0.05) is 19.5 Å². The van der Waals surface area contributed by atoms with Crippen molar-refractivity contribution in [3.63, 3.8) is 0 Å². The Morgan fingerprint density at radius 1 is 0.939 bits per heavy atom. The maximum atomic E-state index is 13.5. The average molecular weight is 445 g/mol. The third-order valence-electron chi connectivity index (χ3n) is 6.18. The highest BCUT2D eigenvalue weighted by Crippen LogP contribution is 2.21. The molecule has 0 saturated carbocycles. The van der Waals surface area contributed by atoms with Gasteiger partial charge in [-0.2, -0.15) is 0 Å². The first kappa shape index (κ1) is 24.5. The van der Waals surface area contributed by atoms with Gasteiger partial charge in [0.05, 0.1) is 0 Å². The van der Waals surface area contributed by atoms with Crippen molar-refractivity contribution < 1.29 is 9.59 Å². The molecule has 0 radical (unpaired) electrons. The first-order chi connectivity index (χ1) is 16.0. The molecule has 3 rings (SSSR count). The van der Waals surface area contributed by atoms with Crippen LogP contribution in [0.3, 0.4) is 0 Å². The van der Waals surface area contributed by atoms with Gasteiger partial charge in [0.2, 0.25) is 11.8 Å². The van der Waals surface area contributed by atoms with Crippen molar-refractivity contribution in [3.05, 3.63) is 83.4 Å². The summed E-state index contributed by atoms with van der Waals surface area (Å²) in [6, 6.07) is 22.2. The van der Waals surface area contributed by atoms with E-state index in [-0.39, 0.29) is 11.8 Å². The van der Waals surface area contributed by atoms with E-state index in [1.165, 1.54) is 16.3 Å². The van der Waals surface area contributed by atoms with E-state index in [4.69, 9.17) is 0 Å². The first-order valence-corrected chi connectivity index (χ1v) is 12.1. The van der Waals surface area contributed by atoms with E-state index in [0.717, 1.165) is 24.0 Å². The first-order valence-electron chi connectivity index (χ1n) is 12.1. The van der Waals surface area contributed by atoms with Crippen molar-refractivity contribution in [1.82, 2.24) is 10.2 Å². The molecule has 0 aliphatic carbocycles. The van der Waals surface area contributed by atoms with Crippen LogP contribution in [0.15, 0.2) is 66.7 Å². The number of rotatable bonds is 11. The van der Waals surface area contributed by atoms with Crippen LogP contribution >= 0.6 is 0 Å². The Kier molecular flexibility index (Phi) is 9.05. The van der Waals surface area contributed by atoms with Crippen molar-refractivity contribution in [2.75, 3.05) is 6.54 Å². The van der Waals surface area contributed by atoms with Gasteiger partial charge in [-0.05, 0) is 48.1 Å². The molecule has 3 aromatic rings. The summed E-state index contributed by atoms with van der Waals surface area (Å²) in [5.74, 6) is -0.0439. The number of carbonyl (C=O) groups excluding carboxylic acids is 2. The summed E-state index contributed by atoms with van der Waals surface area (Å²) in [6.07, 6.45) is 3.57. The molecule has 0 aliphatic rings. The topological polar surface area (TPSA) is 49.4 Å². The van der Waals surface area contributed by atoms with Crippen LogP contribution in [0, 0.1) is 6.92 Å².